The van der Waals surface area contributed by atoms with E-state index in [0.29, 0.717) is 0 Å². The third-order valence-corrected chi connectivity index (χ3v) is 4.09. The van der Waals surface area contributed by atoms with Gasteiger partial charge in [-0.2, -0.15) is 0 Å². The van der Waals surface area contributed by atoms with Gasteiger partial charge in [0.1, 0.15) is 5.78 Å². The first-order valence-electron chi connectivity index (χ1n) is 6.53. The Bertz CT molecular complexity index is 384. The maximum Gasteiger partial charge on any atom is 0.246 e. The Morgan fingerprint density at radius 1 is 1.33 bits per heavy atom. The minimum absolute atomic E-state index is 0.122. The molecule has 0 spiro atoms. The molecule has 1 aliphatic heterocycles. The number of carbonyl (C=O) groups excluding carboxylic acids is 3. The quantitative estimate of drug-likeness (QED) is 0.742. The van der Waals surface area contributed by atoms with Crippen molar-refractivity contribution in [1.82, 2.24) is 10.2 Å². The van der Waals surface area contributed by atoms with Gasteiger partial charge < -0.3 is 0 Å². The van der Waals surface area contributed by atoms with Crippen LogP contribution in [-0.2, 0) is 14.4 Å². The lowest BCUT2D eigenvalue weighted by atomic mass is 9.95. The average molecular weight is 252 g/mol. The summed E-state index contributed by atoms with van der Waals surface area (Å²) >= 11 is 0. The predicted molar refractivity (Wildman–Crippen MR) is 65.8 cm³/mol. The van der Waals surface area contributed by atoms with E-state index in [4.69, 9.17) is 0 Å². The molecule has 5 heteroatoms. The maximum absolute atomic E-state index is 12.1. The van der Waals surface area contributed by atoms with Gasteiger partial charge in [0.2, 0.25) is 11.8 Å². The molecule has 0 aromatic heterocycles. The summed E-state index contributed by atoms with van der Waals surface area (Å²) < 4.78 is 0. The van der Waals surface area contributed by atoms with Crippen LogP contribution in [-0.4, -0.2) is 41.1 Å². The number of amides is 2. The van der Waals surface area contributed by atoms with Gasteiger partial charge in [0, 0.05) is 5.92 Å². The molecule has 2 fully saturated rings. The van der Waals surface area contributed by atoms with Crippen LogP contribution in [0, 0.1) is 5.92 Å². The SMILES string of the molecule is CC1(C)C(=O)NC(=O)CN1CC(=O)C1CCCC1. The van der Waals surface area contributed by atoms with Crippen LogP contribution in [0.25, 0.3) is 0 Å². The van der Waals surface area contributed by atoms with Crippen LogP contribution in [0.2, 0.25) is 0 Å². The van der Waals surface area contributed by atoms with Gasteiger partial charge in [0.25, 0.3) is 0 Å². The van der Waals surface area contributed by atoms with Crippen molar-refractivity contribution in [1.29, 1.82) is 0 Å². The molecule has 0 atom stereocenters. The number of Topliss-reactive ketones (excluding diaryl/α,β-unsaturated/α-hetero) is 1. The standard InChI is InChI=1S/C13H20N2O3/c1-13(2)12(18)14-11(17)8-15(13)7-10(16)9-5-3-4-6-9/h9H,3-8H2,1-2H3,(H,14,17,18). The van der Waals surface area contributed by atoms with Crippen LogP contribution in [0.4, 0.5) is 0 Å². The van der Waals surface area contributed by atoms with Crippen molar-refractivity contribution in [3.8, 4) is 0 Å². The van der Waals surface area contributed by atoms with E-state index in [9.17, 15) is 14.4 Å². The molecule has 2 aliphatic rings. The fourth-order valence-corrected chi connectivity index (χ4v) is 2.65. The van der Waals surface area contributed by atoms with Crippen molar-refractivity contribution in [2.24, 2.45) is 5.92 Å². The molecular formula is C13H20N2O3. The highest BCUT2D eigenvalue weighted by Gasteiger charge is 2.42. The van der Waals surface area contributed by atoms with Crippen molar-refractivity contribution in [3.63, 3.8) is 0 Å². The summed E-state index contributed by atoms with van der Waals surface area (Å²) in [5.41, 5.74) is -0.790. The normalized spacial score (nSPS) is 25.2. The van der Waals surface area contributed by atoms with Gasteiger partial charge in [-0.25, -0.2) is 0 Å². The van der Waals surface area contributed by atoms with E-state index in [1.165, 1.54) is 0 Å². The van der Waals surface area contributed by atoms with E-state index in [2.05, 4.69) is 5.32 Å². The number of piperazine rings is 1. The summed E-state index contributed by atoms with van der Waals surface area (Å²) in [4.78, 5) is 37.0. The van der Waals surface area contributed by atoms with Crippen LogP contribution in [0.5, 0.6) is 0 Å². The number of hydrogen-bond acceptors (Lipinski definition) is 4. The highest BCUT2D eigenvalue weighted by atomic mass is 16.2. The van der Waals surface area contributed by atoms with E-state index in [1.54, 1.807) is 18.7 Å². The van der Waals surface area contributed by atoms with E-state index in [0.717, 1.165) is 25.7 Å². The van der Waals surface area contributed by atoms with Crippen molar-refractivity contribution >= 4 is 17.6 Å². The summed E-state index contributed by atoms with van der Waals surface area (Å²) in [5.74, 6) is -0.347. The Morgan fingerprint density at radius 2 is 1.94 bits per heavy atom. The number of nitrogens with one attached hydrogen (secondary N) is 1. The molecule has 1 N–H and O–H groups in total. The molecule has 1 saturated carbocycles. The highest BCUT2D eigenvalue weighted by molar-refractivity contribution is 6.03. The fourth-order valence-electron chi connectivity index (χ4n) is 2.65. The minimum Gasteiger partial charge on any atom is -0.298 e. The second-order valence-corrected chi connectivity index (χ2v) is 5.74. The lowest BCUT2D eigenvalue weighted by Crippen LogP contribution is -2.64. The van der Waals surface area contributed by atoms with Gasteiger partial charge in [-0.1, -0.05) is 12.8 Å². The Hall–Kier alpha value is -1.23. The van der Waals surface area contributed by atoms with Gasteiger partial charge in [0.15, 0.2) is 0 Å². The molecule has 0 unspecified atom stereocenters. The zero-order valence-corrected chi connectivity index (χ0v) is 11.0. The van der Waals surface area contributed by atoms with E-state index >= 15 is 0 Å². The first kappa shape index (κ1) is 13.2. The van der Waals surface area contributed by atoms with Crippen LogP contribution < -0.4 is 5.32 Å². The smallest absolute Gasteiger partial charge is 0.246 e. The molecule has 0 aromatic carbocycles. The van der Waals surface area contributed by atoms with Gasteiger partial charge in [-0.05, 0) is 26.7 Å². The van der Waals surface area contributed by atoms with Crippen LogP contribution >= 0.6 is 0 Å². The fraction of sp³-hybridized carbons (Fsp3) is 0.769. The molecular weight excluding hydrogens is 232 g/mol. The first-order valence-corrected chi connectivity index (χ1v) is 6.53. The Labute approximate surface area is 107 Å². The monoisotopic (exact) mass is 252 g/mol. The van der Waals surface area contributed by atoms with Crippen LogP contribution in [0.1, 0.15) is 39.5 Å². The molecule has 1 heterocycles. The van der Waals surface area contributed by atoms with Gasteiger partial charge in [0.05, 0.1) is 18.6 Å². The molecule has 0 aromatic rings. The Morgan fingerprint density at radius 3 is 2.56 bits per heavy atom. The van der Waals surface area contributed by atoms with Gasteiger partial charge >= 0.3 is 0 Å². The molecule has 0 radical (unpaired) electrons. The maximum atomic E-state index is 12.1. The number of ketones is 1. The third kappa shape index (κ3) is 2.46. The van der Waals surface area contributed by atoms with E-state index in [-0.39, 0.29) is 36.6 Å². The molecule has 18 heavy (non-hydrogen) atoms. The summed E-state index contributed by atoms with van der Waals surface area (Å²) in [7, 11) is 0. The first-order chi connectivity index (χ1) is 8.41. The predicted octanol–water partition coefficient (Wildman–Crippen LogP) is 0.483. The van der Waals surface area contributed by atoms with Crippen molar-refractivity contribution in [2.45, 2.75) is 45.1 Å². The average Bonchev–Trinajstić information content (AvgIpc) is 2.79. The summed E-state index contributed by atoms with van der Waals surface area (Å²) in [6, 6.07) is 0. The van der Waals surface area contributed by atoms with E-state index < -0.39 is 5.54 Å². The Balaban J connectivity index is 2.04. The zero-order valence-electron chi connectivity index (χ0n) is 11.0. The number of hydrogen-bond donors (Lipinski definition) is 1. The summed E-state index contributed by atoms with van der Waals surface area (Å²) in [6.07, 6.45) is 4.12. The second-order valence-electron chi connectivity index (χ2n) is 5.74. The molecule has 2 amide bonds. The molecule has 2 rings (SSSR count). The molecule has 100 valence electrons. The van der Waals surface area contributed by atoms with Crippen LogP contribution in [0.3, 0.4) is 0 Å². The van der Waals surface area contributed by atoms with Crippen molar-refractivity contribution < 1.29 is 14.4 Å². The van der Waals surface area contributed by atoms with E-state index in [1.807, 2.05) is 0 Å². The molecule has 5 nitrogen and oxygen atoms in total. The minimum atomic E-state index is -0.790. The van der Waals surface area contributed by atoms with Crippen molar-refractivity contribution in [2.75, 3.05) is 13.1 Å². The second kappa shape index (κ2) is 4.80. The van der Waals surface area contributed by atoms with Crippen LogP contribution in [0.15, 0.2) is 0 Å². The molecule has 0 bridgehead atoms. The topological polar surface area (TPSA) is 66.5 Å². The summed E-state index contributed by atoms with van der Waals surface area (Å²) in [5, 5.41) is 2.31. The summed E-state index contributed by atoms with van der Waals surface area (Å²) in [6.45, 7) is 3.82. The largest absolute Gasteiger partial charge is 0.298 e. The van der Waals surface area contributed by atoms with Gasteiger partial charge in [-0.3, -0.25) is 24.6 Å². The Kier molecular flexibility index (Phi) is 3.52. The molecule has 1 aliphatic carbocycles. The van der Waals surface area contributed by atoms with Crippen molar-refractivity contribution in [3.05, 3.63) is 0 Å². The number of imide groups is 1. The molecule has 1 saturated heterocycles. The number of rotatable bonds is 3. The zero-order chi connectivity index (χ0) is 13.3. The lowest BCUT2D eigenvalue weighted by Gasteiger charge is -2.39. The highest BCUT2D eigenvalue weighted by Crippen LogP contribution is 2.27. The lowest BCUT2D eigenvalue weighted by molar-refractivity contribution is -0.146. The number of carbonyl (C=O) groups is 3. The van der Waals surface area contributed by atoms with Gasteiger partial charge in [-0.15, -0.1) is 0 Å². The number of nitrogens with zero attached hydrogens (tertiary/aromatic N) is 1. The third-order valence-electron chi connectivity index (χ3n) is 4.09.